The summed E-state index contributed by atoms with van der Waals surface area (Å²) in [5.41, 5.74) is 2.98. The fourth-order valence-electron chi connectivity index (χ4n) is 3.18. The van der Waals surface area contributed by atoms with E-state index in [9.17, 15) is 4.79 Å². The molecule has 4 heterocycles. The number of para-hydroxylation sites is 1. The van der Waals surface area contributed by atoms with Gasteiger partial charge >= 0.3 is 0 Å². The first kappa shape index (κ1) is 18.4. The minimum absolute atomic E-state index is 0.287. The lowest BCUT2D eigenvalue weighted by atomic mass is 10.2. The summed E-state index contributed by atoms with van der Waals surface area (Å²) in [4.78, 5) is 25.6. The lowest BCUT2D eigenvalue weighted by Gasteiger charge is -2.08. The number of nitrogens with zero attached hydrogens (tertiary/aromatic N) is 7. The maximum atomic E-state index is 12.3. The molecule has 0 aliphatic rings. The highest BCUT2D eigenvalue weighted by atomic mass is 79.9. The molecule has 10 heteroatoms. The van der Waals surface area contributed by atoms with E-state index in [4.69, 9.17) is 9.97 Å². The lowest BCUT2D eigenvalue weighted by molar-refractivity contribution is 0.740. The molecule has 0 aliphatic heterocycles. The molecule has 5 rings (SSSR count). The van der Waals surface area contributed by atoms with Gasteiger partial charge in [0.05, 0.1) is 17.3 Å². The number of halogens is 1. The van der Waals surface area contributed by atoms with Gasteiger partial charge in [-0.3, -0.25) is 9.48 Å². The highest BCUT2D eigenvalue weighted by Gasteiger charge is 2.18. The Balaban J connectivity index is 1.80. The first-order chi connectivity index (χ1) is 14.5. The second-order valence-electron chi connectivity index (χ2n) is 6.68. The van der Waals surface area contributed by atoms with Crippen molar-refractivity contribution in [1.82, 2.24) is 34.3 Å². The summed E-state index contributed by atoms with van der Waals surface area (Å²) in [6.45, 7) is 1.96. The summed E-state index contributed by atoms with van der Waals surface area (Å²) in [5.74, 6) is 0.881. The summed E-state index contributed by atoms with van der Waals surface area (Å²) < 4.78 is 4.18. The van der Waals surface area contributed by atoms with E-state index in [0.29, 0.717) is 22.9 Å². The highest BCUT2D eigenvalue weighted by Crippen LogP contribution is 2.29. The molecule has 0 radical (unpaired) electrons. The molecule has 1 aromatic carbocycles. The van der Waals surface area contributed by atoms with Gasteiger partial charge in [-0.15, -0.1) is 5.10 Å². The van der Waals surface area contributed by atoms with Crippen molar-refractivity contribution in [3.05, 3.63) is 69.3 Å². The van der Waals surface area contributed by atoms with Crippen LogP contribution in [0.1, 0.15) is 5.69 Å². The van der Waals surface area contributed by atoms with Gasteiger partial charge in [0.1, 0.15) is 5.69 Å². The third kappa shape index (κ3) is 2.92. The highest BCUT2D eigenvalue weighted by molar-refractivity contribution is 9.10. The summed E-state index contributed by atoms with van der Waals surface area (Å²) >= 11 is 3.56. The Kier molecular flexibility index (Phi) is 4.28. The van der Waals surface area contributed by atoms with Gasteiger partial charge in [0.25, 0.3) is 5.56 Å². The number of aromatic nitrogens is 7. The van der Waals surface area contributed by atoms with Crippen LogP contribution in [0.2, 0.25) is 0 Å². The van der Waals surface area contributed by atoms with Crippen molar-refractivity contribution in [2.45, 2.75) is 6.92 Å². The minimum atomic E-state index is -0.398. The van der Waals surface area contributed by atoms with Crippen molar-refractivity contribution in [1.29, 1.82) is 0 Å². The van der Waals surface area contributed by atoms with E-state index in [1.807, 2.05) is 32.2 Å². The minimum Gasteiger partial charge on any atom is -0.319 e. The predicted octanol–water partition coefficient (Wildman–Crippen LogP) is 3.25. The van der Waals surface area contributed by atoms with Crippen LogP contribution >= 0.6 is 15.9 Å². The maximum Gasteiger partial charge on any atom is 0.293 e. The molecular weight excluding hydrogens is 448 g/mol. The van der Waals surface area contributed by atoms with Crippen LogP contribution in [0, 0.1) is 6.92 Å². The largest absolute Gasteiger partial charge is 0.319 e. The molecule has 0 aliphatic carbocycles. The van der Waals surface area contributed by atoms with Crippen molar-refractivity contribution < 1.29 is 0 Å². The van der Waals surface area contributed by atoms with E-state index in [1.54, 1.807) is 33.6 Å². The number of aryl methyl sites for hydroxylation is 1. The number of nitrogens with one attached hydrogen (secondary N) is 1. The predicted molar refractivity (Wildman–Crippen MR) is 117 cm³/mol. The number of benzene rings is 1. The molecule has 4 aromatic heterocycles. The number of fused-ring (bicyclic) bond motifs is 3. The van der Waals surface area contributed by atoms with E-state index >= 15 is 0 Å². The molecule has 0 amide bonds. The van der Waals surface area contributed by atoms with E-state index < -0.39 is 5.56 Å². The van der Waals surface area contributed by atoms with Crippen LogP contribution < -0.4 is 10.9 Å². The van der Waals surface area contributed by atoms with Gasteiger partial charge in [0.15, 0.2) is 11.5 Å². The zero-order valence-electron chi connectivity index (χ0n) is 16.0. The smallest absolute Gasteiger partial charge is 0.293 e. The van der Waals surface area contributed by atoms with Crippen molar-refractivity contribution in [2.75, 3.05) is 5.32 Å². The van der Waals surface area contributed by atoms with Gasteiger partial charge in [-0.05, 0) is 47.1 Å². The Morgan fingerprint density at radius 3 is 2.77 bits per heavy atom. The second kappa shape index (κ2) is 6.99. The summed E-state index contributed by atoms with van der Waals surface area (Å²) in [7, 11) is 1.87. The first-order valence-corrected chi connectivity index (χ1v) is 9.88. The van der Waals surface area contributed by atoms with Crippen molar-refractivity contribution in [3.63, 3.8) is 0 Å². The number of hydrogen-bond acceptors (Lipinski definition) is 7. The Morgan fingerprint density at radius 1 is 1.10 bits per heavy atom. The molecule has 30 heavy (non-hydrogen) atoms. The SMILES string of the molecule is Cc1c(-c2nc3c4cccc(Br)c4nc(Nc4ccccnc4=O)n3n2)cnn1C. The van der Waals surface area contributed by atoms with Crippen LogP contribution in [0.5, 0.6) is 0 Å². The molecule has 0 spiro atoms. The van der Waals surface area contributed by atoms with Crippen molar-refractivity contribution in [3.8, 4) is 11.4 Å². The van der Waals surface area contributed by atoms with E-state index in [2.05, 4.69) is 36.4 Å². The van der Waals surface area contributed by atoms with Gasteiger partial charge in [0.2, 0.25) is 5.95 Å². The molecule has 9 nitrogen and oxygen atoms in total. The van der Waals surface area contributed by atoms with Gasteiger partial charge in [0, 0.05) is 28.8 Å². The molecule has 0 saturated carbocycles. The van der Waals surface area contributed by atoms with Crippen LogP contribution in [0.4, 0.5) is 11.6 Å². The first-order valence-electron chi connectivity index (χ1n) is 9.09. The number of rotatable bonds is 3. The van der Waals surface area contributed by atoms with Gasteiger partial charge < -0.3 is 5.32 Å². The lowest BCUT2D eigenvalue weighted by Crippen LogP contribution is -2.11. The van der Waals surface area contributed by atoms with Gasteiger partial charge in [-0.25, -0.2) is 15.0 Å². The normalized spacial score (nSPS) is 11.3. The maximum absolute atomic E-state index is 12.3. The van der Waals surface area contributed by atoms with Crippen LogP contribution in [0.25, 0.3) is 27.9 Å². The van der Waals surface area contributed by atoms with Crippen LogP contribution in [0.15, 0.2) is 58.1 Å². The topological polar surface area (TPSA) is 103 Å². The number of anilines is 2. The molecule has 1 N–H and O–H groups in total. The summed E-state index contributed by atoms with van der Waals surface area (Å²) in [6, 6.07) is 10.8. The molecule has 148 valence electrons. The molecule has 5 aromatic rings. The quantitative estimate of drug-likeness (QED) is 0.438. The Labute approximate surface area is 178 Å². The molecule has 0 saturated heterocycles. The molecule has 0 atom stereocenters. The average molecular weight is 463 g/mol. The van der Waals surface area contributed by atoms with Crippen LogP contribution in [-0.4, -0.2) is 34.3 Å². The Hall–Kier alpha value is -3.66. The summed E-state index contributed by atoms with van der Waals surface area (Å²) in [6.07, 6.45) is 3.19. The average Bonchev–Trinajstić information content (AvgIpc) is 3.25. The third-order valence-electron chi connectivity index (χ3n) is 4.86. The fraction of sp³-hybridized carbons (Fsp3) is 0.100. The van der Waals surface area contributed by atoms with E-state index in [1.165, 1.54) is 6.20 Å². The number of hydrogen-bond donors (Lipinski definition) is 1. The van der Waals surface area contributed by atoms with Gasteiger partial charge in [-0.2, -0.15) is 9.61 Å². The molecular formula is C20H15BrN8O. The Morgan fingerprint density at radius 2 is 1.97 bits per heavy atom. The van der Waals surface area contributed by atoms with Crippen LogP contribution in [-0.2, 0) is 7.05 Å². The zero-order valence-corrected chi connectivity index (χ0v) is 17.6. The summed E-state index contributed by atoms with van der Waals surface area (Å²) in [5, 5.41) is 12.9. The molecule has 0 unspecified atom stereocenters. The zero-order chi connectivity index (χ0) is 20.8. The third-order valence-corrected chi connectivity index (χ3v) is 5.50. The fourth-order valence-corrected chi connectivity index (χ4v) is 3.63. The molecule has 0 fully saturated rings. The van der Waals surface area contributed by atoms with E-state index in [-0.39, 0.29) is 5.69 Å². The van der Waals surface area contributed by atoms with Gasteiger partial charge in [-0.1, -0.05) is 12.1 Å². The second-order valence-corrected chi connectivity index (χ2v) is 7.54. The molecule has 0 bridgehead atoms. The monoisotopic (exact) mass is 462 g/mol. The van der Waals surface area contributed by atoms with Crippen molar-refractivity contribution in [2.24, 2.45) is 7.05 Å². The van der Waals surface area contributed by atoms with Crippen LogP contribution in [0.3, 0.4) is 0 Å². The van der Waals surface area contributed by atoms with E-state index in [0.717, 1.165) is 21.1 Å². The standard InChI is InChI=1S/C20H15BrN8O/c1-11-13(10-23-28(11)2)17-26-18-12-6-5-7-14(21)16(12)25-20(29(18)27-17)24-15-8-3-4-9-22-19(15)30/h3-10H,1-2H3,(H,22,24,25,30). The Bertz CT molecular complexity index is 1490. The van der Waals surface area contributed by atoms with Crippen molar-refractivity contribution >= 4 is 44.1 Å².